The van der Waals surface area contributed by atoms with E-state index in [9.17, 15) is 30.4 Å². The molecule has 9 heteroatoms. The van der Waals surface area contributed by atoms with Gasteiger partial charge < -0.3 is 15.9 Å². The molecular formula is C39H53N3O6. The molecule has 0 radical (unpaired) electrons. The summed E-state index contributed by atoms with van der Waals surface area (Å²) in [5, 5.41) is 47.5. The van der Waals surface area contributed by atoms with Crippen LogP contribution in [-0.2, 0) is 27.3 Å². The minimum absolute atomic E-state index is 0.149. The normalized spacial score (nSPS) is 14.2. The Bertz CT molecular complexity index is 1620. The van der Waals surface area contributed by atoms with E-state index in [0.29, 0.717) is 16.7 Å². The van der Waals surface area contributed by atoms with Crippen LogP contribution in [-0.4, -0.2) is 26.1 Å². The topological polar surface area (TPSA) is 153 Å². The molecule has 0 aromatic heterocycles. The van der Waals surface area contributed by atoms with Crippen LogP contribution in [0.15, 0.2) is 54.1 Å². The quantitative estimate of drug-likeness (QED) is 0.169. The molecule has 260 valence electrons. The van der Waals surface area contributed by atoms with Crippen molar-refractivity contribution < 1.29 is 20.1 Å². The molecule has 1 unspecified atom stereocenters. The number of benzene rings is 3. The van der Waals surface area contributed by atoms with Crippen LogP contribution in [0.1, 0.15) is 129 Å². The molecule has 0 saturated heterocycles. The highest BCUT2D eigenvalue weighted by Crippen LogP contribution is 2.44. The van der Waals surface area contributed by atoms with Gasteiger partial charge in [-0.3, -0.25) is 20.2 Å². The van der Waals surface area contributed by atoms with E-state index in [1.807, 2.05) is 24.3 Å². The van der Waals surface area contributed by atoms with Crippen LogP contribution in [0.25, 0.3) is 6.08 Å². The largest absolute Gasteiger partial charge is 0.502 e. The molecule has 0 aliphatic heterocycles. The second kappa shape index (κ2) is 12.7. The Hall–Kier alpha value is -4.08. The first kappa shape index (κ1) is 38.4. The van der Waals surface area contributed by atoms with Crippen LogP contribution in [0.3, 0.4) is 0 Å². The second-order valence-corrected chi connectivity index (χ2v) is 17.1. The first-order valence-corrected chi connectivity index (χ1v) is 16.2. The minimum Gasteiger partial charge on any atom is -0.502 e. The number of rotatable bonds is 7. The summed E-state index contributed by atoms with van der Waals surface area (Å²) in [6.07, 6.45) is 1.38. The van der Waals surface area contributed by atoms with Crippen LogP contribution in [0.5, 0.6) is 5.75 Å². The predicted octanol–water partition coefficient (Wildman–Crippen LogP) is 9.07. The highest BCUT2D eigenvalue weighted by molar-refractivity contribution is 5.70. The van der Waals surface area contributed by atoms with Crippen LogP contribution in [0.2, 0.25) is 0 Å². The minimum atomic E-state index is -1.84. The number of nitrogens with zero attached hydrogens (tertiary/aromatic N) is 2. The van der Waals surface area contributed by atoms with Crippen LogP contribution >= 0.6 is 0 Å². The van der Waals surface area contributed by atoms with Gasteiger partial charge in [0.05, 0.1) is 22.0 Å². The van der Waals surface area contributed by atoms with E-state index in [1.165, 1.54) is 6.08 Å². The molecule has 0 spiro atoms. The summed E-state index contributed by atoms with van der Waals surface area (Å²) in [6.45, 7) is 27.0. The lowest BCUT2D eigenvalue weighted by molar-refractivity contribution is -0.394. The molecule has 0 bridgehead atoms. The highest BCUT2D eigenvalue weighted by Gasteiger charge is 2.42. The third-order valence-electron chi connectivity index (χ3n) is 9.05. The summed E-state index contributed by atoms with van der Waals surface area (Å²) in [7, 11) is 0. The first-order chi connectivity index (χ1) is 21.6. The Balaban J connectivity index is 2.53. The Morgan fingerprint density at radius 3 is 1.27 bits per heavy atom. The number of phenols is 1. The smallest absolute Gasteiger partial charge is 0.318 e. The lowest BCUT2D eigenvalue weighted by Crippen LogP contribution is -2.48. The maximum atomic E-state index is 13.3. The summed E-state index contributed by atoms with van der Waals surface area (Å²) in [6, 6.07) is 12.9. The Labute approximate surface area is 285 Å². The van der Waals surface area contributed by atoms with Gasteiger partial charge in [0.2, 0.25) is 5.75 Å². The van der Waals surface area contributed by atoms with Gasteiger partial charge in [0.25, 0.3) is 5.69 Å². The zero-order valence-electron chi connectivity index (χ0n) is 30.8. The number of nitro benzene ring substituents is 2. The fourth-order valence-corrected chi connectivity index (χ4v) is 5.60. The van der Waals surface area contributed by atoms with Crippen molar-refractivity contribution in [1.82, 2.24) is 0 Å². The van der Waals surface area contributed by atoms with Gasteiger partial charge in [0.1, 0.15) is 5.60 Å². The molecule has 3 aromatic rings. The molecule has 0 aliphatic rings. The molecule has 0 heterocycles. The Kier molecular flexibility index (Phi) is 10.2. The van der Waals surface area contributed by atoms with Gasteiger partial charge in [-0.2, -0.15) is 0 Å². The average molecular weight is 660 g/mol. The number of non-ortho nitro benzene ring substituents is 1. The molecule has 0 fully saturated rings. The van der Waals surface area contributed by atoms with Crippen molar-refractivity contribution in [2.24, 2.45) is 5.73 Å². The van der Waals surface area contributed by atoms with Crippen molar-refractivity contribution in [3.05, 3.63) is 113 Å². The third-order valence-corrected chi connectivity index (χ3v) is 9.05. The van der Waals surface area contributed by atoms with Gasteiger partial charge in [-0.1, -0.05) is 131 Å². The van der Waals surface area contributed by atoms with Crippen molar-refractivity contribution in [3.63, 3.8) is 0 Å². The zero-order valence-corrected chi connectivity index (χ0v) is 30.8. The van der Waals surface area contributed by atoms with Crippen LogP contribution in [0, 0.1) is 20.2 Å². The molecule has 1 atom stereocenters. The molecule has 0 aliphatic carbocycles. The monoisotopic (exact) mass is 659 g/mol. The van der Waals surface area contributed by atoms with Crippen molar-refractivity contribution in [2.75, 3.05) is 0 Å². The van der Waals surface area contributed by atoms with E-state index < -0.39 is 38.6 Å². The highest BCUT2D eigenvalue weighted by atomic mass is 16.6. The van der Waals surface area contributed by atoms with Crippen LogP contribution in [0.4, 0.5) is 11.4 Å². The fourth-order valence-electron chi connectivity index (χ4n) is 5.60. The van der Waals surface area contributed by atoms with E-state index in [2.05, 4.69) is 95.2 Å². The van der Waals surface area contributed by atoms with Gasteiger partial charge in [0, 0.05) is 11.6 Å². The van der Waals surface area contributed by atoms with Crippen LogP contribution < -0.4 is 5.73 Å². The van der Waals surface area contributed by atoms with Crippen molar-refractivity contribution >= 4 is 17.5 Å². The molecule has 48 heavy (non-hydrogen) atoms. The second-order valence-electron chi connectivity index (χ2n) is 17.1. The number of aliphatic hydroxyl groups is 1. The van der Waals surface area contributed by atoms with E-state index in [-0.39, 0.29) is 27.2 Å². The summed E-state index contributed by atoms with van der Waals surface area (Å²) in [4.78, 5) is 21.7. The average Bonchev–Trinajstić information content (AvgIpc) is 2.94. The third kappa shape index (κ3) is 7.96. The number of hydrogen-bond donors (Lipinski definition) is 3. The van der Waals surface area contributed by atoms with Crippen molar-refractivity contribution in [1.29, 1.82) is 0 Å². The first-order valence-electron chi connectivity index (χ1n) is 16.2. The maximum Gasteiger partial charge on any atom is 0.318 e. The number of nitro groups is 2. The van der Waals surface area contributed by atoms with Gasteiger partial charge in [-0.15, -0.1) is 0 Å². The number of phenolic OH excluding ortho intramolecular Hbond substituents is 1. The Morgan fingerprint density at radius 1 is 0.646 bits per heavy atom. The summed E-state index contributed by atoms with van der Waals surface area (Å²) < 4.78 is 0. The molecule has 3 rings (SSSR count). The lowest BCUT2D eigenvalue weighted by Gasteiger charge is -2.39. The summed E-state index contributed by atoms with van der Waals surface area (Å²) >= 11 is 0. The number of hydrogen-bond acceptors (Lipinski definition) is 7. The maximum absolute atomic E-state index is 13.3. The van der Waals surface area contributed by atoms with Gasteiger partial charge in [0.15, 0.2) is 0 Å². The standard InChI is InChI=1S/C39H53N3O6/c1-23(14-24-15-31(41(45)46)22-32(33(24)43)42(47)48)34(40)39(44,29-18-25(35(2,3)4)16-26(19-29)36(5,6)7)30-20-27(37(8,9)10)17-28(21-30)38(11,12)13/h14-22,34,43-44H,40H2,1-13H3. The fraction of sp³-hybridized carbons (Fsp3) is 0.487. The SMILES string of the molecule is CC(=Cc1cc([N+](=O)[O-])cc([N+](=O)[O-])c1O)C(N)C(O)(c1cc(C(C)(C)C)cc(C(C)(C)C)c1)c1cc(C(C)(C)C)cc(C(C)(C)C)c1. The molecule has 0 saturated carbocycles. The lowest BCUT2D eigenvalue weighted by atomic mass is 9.70. The summed E-state index contributed by atoms with van der Waals surface area (Å²) in [5.41, 5.74) is 8.19. The Morgan fingerprint density at radius 2 is 0.979 bits per heavy atom. The zero-order chi connectivity index (χ0) is 36.9. The van der Waals surface area contributed by atoms with E-state index in [1.54, 1.807) is 6.92 Å². The van der Waals surface area contributed by atoms with Gasteiger partial charge >= 0.3 is 5.69 Å². The predicted molar refractivity (Wildman–Crippen MR) is 194 cm³/mol. The molecule has 3 aromatic carbocycles. The van der Waals surface area contributed by atoms with Crippen molar-refractivity contribution in [2.45, 2.75) is 123 Å². The van der Waals surface area contributed by atoms with E-state index >= 15 is 0 Å². The number of nitrogens with two attached hydrogens (primary N) is 1. The van der Waals surface area contributed by atoms with E-state index in [4.69, 9.17) is 5.73 Å². The van der Waals surface area contributed by atoms with E-state index in [0.717, 1.165) is 34.4 Å². The van der Waals surface area contributed by atoms with Gasteiger partial charge in [-0.25, -0.2) is 0 Å². The van der Waals surface area contributed by atoms with Gasteiger partial charge in [-0.05, 0) is 62.0 Å². The van der Waals surface area contributed by atoms with Crippen molar-refractivity contribution in [3.8, 4) is 5.75 Å². The number of aromatic hydroxyl groups is 1. The molecule has 0 amide bonds. The molecular weight excluding hydrogens is 606 g/mol. The molecule has 4 N–H and O–H groups in total. The molecule has 9 nitrogen and oxygen atoms in total. The summed E-state index contributed by atoms with van der Waals surface area (Å²) in [5.74, 6) is -0.727.